The molecule has 0 unspecified atom stereocenters. The minimum absolute atomic E-state index is 0.336. The summed E-state index contributed by atoms with van der Waals surface area (Å²) in [7, 11) is 1.86. The van der Waals surface area contributed by atoms with Crippen molar-refractivity contribution in [3.8, 4) is 0 Å². The fourth-order valence-corrected chi connectivity index (χ4v) is 1.15. The number of hydrogen-bond acceptors (Lipinski definition) is 2. The smallest absolute Gasteiger partial charge is 0.272 e. The molecule has 0 aliphatic rings. The zero-order valence-corrected chi connectivity index (χ0v) is 7.93. The third kappa shape index (κ3) is 1.85. The third-order valence-corrected chi connectivity index (χ3v) is 1.84. The van der Waals surface area contributed by atoms with Gasteiger partial charge in [-0.25, -0.2) is 4.98 Å². The SMILES string of the molecule is CCCc1nc(C(=O)Cl)cn1C. The van der Waals surface area contributed by atoms with Crippen LogP contribution in [0.2, 0.25) is 0 Å². The molecule has 0 bridgehead atoms. The molecule has 0 amide bonds. The molecule has 1 rings (SSSR count). The number of rotatable bonds is 3. The van der Waals surface area contributed by atoms with Crippen LogP contribution in [-0.2, 0) is 13.5 Å². The van der Waals surface area contributed by atoms with Crippen LogP contribution >= 0.6 is 11.6 Å². The average molecular weight is 187 g/mol. The Kier molecular flexibility index (Phi) is 2.87. The Morgan fingerprint density at radius 1 is 1.75 bits per heavy atom. The number of aryl methyl sites for hydroxylation is 2. The predicted molar refractivity (Wildman–Crippen MR) is 47.4 cm³/mol. The summed E-state index contributed by atoms with van der Waals surface area (Å²) in [5.41, 5.74) is 0.336. The summed E-state index contributed by atoms with van der Waals surface area (Å²) in [4.78, 5) is 14.8. The topological polar surface area (TPSA) is 34.9 Å². The maximum atomic E-state index is 10.7. The number of carbonyl (C=O) groups excluding carboxylic acids is 1. The van der Waals surface area contributed by atoms with Gasteiger partial charge in [0.15, 0.2) is 0 Å². The molecule has 12 heavy (non-hydrogen) atoms. The molecule has 0 fully saturated rings. The average Bonchev–Trinajstić information content (AvgIpc) is 2.34. The largest absolute Gasteiger partial charge is 0.337 e. The number of nitrogens with zero attached hydrogens (tertiary/aromatic N) is 2. The number of halogens is 1. The van der Waals surface area contributed by atoms with Crippen LogP contribution in [0, 0.1) is 0 Å². The van der Waals surface area contributed by atoms with E-state index in [9.17, 15) is 4.79 Å². The van der Waals surface area contributed by atoms with Crippen molar-refractivity contribution in [1.29, 1.82) is 0 Å². The fraction of sp³-hybridized carbons (Fsp3) is 0.500. The maximum Gasteiger partial charge on any atom is 0.272 e. The first kappa shape index (κ1) is 9.26. The second kappa shape index (κ2) is 3.72. The minimum Gasteiger partial charge on any atom is -0.337 e. The monoisotopic (exact) mass is 186 g/mol. The zero-order chi connectivity index (χ0) is 9.14. The fourth-order valence-electron chi connectivity index (χ4n) is 1.06. The lowest BCUT2D eigenvalue weighted by Gasteiger charge is -1.95. The molecular weight excluding hydrogens is 176 g/mol. The molecule has 0 atom stereocenters. The van der Waals surface area contributed by atoms with E-state index in [0.717, 1.165) is 18.7 Å². The molecule has 1 aromatic heterocycles. The maximum absolute atomic E-state index is 10.7. The first-order chi connectivity index (χ1) is 5.65. The highest BCUT2D eigenvalue weighted by Crippen LogP contribution is 2.06. The van der Waals surface area contributed by atoms with Crippen molar-refractivity contribution in [3.63, 3.8) is 0 Å². The van der Waals surface area contributed by atoms with Gasteiger partial charge in [-0.15, -0.1) is 0 Å². The Morgan fingerprint density at radius 2 is 2.42 bits per heavy atom. The lowest BCUT2D eigenvalue weighted by atomic mass is 10.3. The van der Waals surface area contributed by atoms with Crippen LogP contribution in [0.5, 0.6) is 0 Å². The molecular formula is C8H11ClN2O. The molecule has 1 aromatic rings. The second-order valence-electron chi connectivity index (χ2n) is 2.68. The van der Waals surface area contributed by atoms with E-state index >= 15 is 0 Å². The molecule has 66 valence electrons. The van der Waals surface area contributed by atoms with Crippen LogP contribution < -0.4 is 0 Å². The molecule has 3 nitrogen and oxygen atoms in total. The number of hydrogen-bond donors (Lipinski definition) is 0. The van der Waals surface area contributed by atoms with E-state index < -0.39 is 5.24 Å². The number of aromatic nitrogens is 2. The van der Waals surface area contributed by atoms with Gasteiger partial charge < -0.3 is 4.57 Å². The van der Waals surface area contributed by atoms with Gasteiger partial charge in [0.25, 0.3) is 5.24 Å². The number of carbonyl (C=O) groups is 1. The van der Waals surface area contributed by atoms with Gasteiger partial charge in [0.1, 0.15) is 11.5 Å². The van der Waals surface area contributed by atoms with E-state index in [1.807, 2.05) is 11.6 Å². The molecule has 0 aliphatic carbocycles. The summed E-state index contributed by atoms with van der Waals surface area (Å²) in [6.45, 7) is 2.07. The van der Waals surface area contributed by atoms with Crippen LogP contribution in [0.3, 0.4) is 0 Å². The van der Waals surface area contributed by atoms with Crippen LogP contribution in [0.4, 0.5) is 0 Å². The first-order valence-electron chi connectivity index (χ1n) is 3.87. The van der Waals surface area contributed by atoms with Crippen molar-refractivity contribution in [3.05, 3.63) is 17.7 Å². The quantitative estimate of drug-likeness (QED) is 0.675. The standard InChI is InChI=1S/C8H11ClN2O/c1-3-4-7-10-6(8(9)12)5-11(7)2/h5H,3-4H2,1-2H3. The van der Waals surface area contributed by atoms with E-state index in [2.05, 4.69) is 11.9 Å². The Hall–Kier alpha value is -0.830. The second-order valence-corrected chi connectivity index (χ2v) is 3.02. The summed E-state index contributed by atoms with van der Waals surface area (Å²) < 4.78 is 1.83. The Labute approximate surface area is 76.4 Å². The first-order valence-corrected chi connectivity index (χ1v) is 4.25. The molecule has 4 heteroatoms. The molecule has 0 saturated carbocycles. The summed E-state index contributed by atoms with van der Waals surface area (Å²) in [6.07, 6.45) is 3.54. The molecule has 0 saturated heterocycles. The molecule has 0 aliphatic heterocycles. The van der Waals surface area contributed by atoms with Crippen molar-refractivity contribution in [2.45, 2.75) is 19.8 Å². The van der Waals surface area contributed by atoms with Crippen LogP contribution in [0.25, 0.3) is 0 Å². The van der Waals surface area contributed by atoms with Gasteiger partial charge in [-0.3, -0.25) is 4.79 Å². The Morgan fingerprint density at radius 3 is 2.83 bits per heavy atom. The summed E-state index contributed by atoms with van der Waals surface area (Å²) >= 11 is 5.27. The molecule has 0 aromatic carbocycles. The van der Waals surface area contributed by atoms with Gasteiger partial charge in [0, 0.05) is 19.7 Å². The molecule has 0 radical (unpaired) electrons. The van der Waals surface area contributed by atoms with Crippen LogP contribution in [0.15, 0.2) is 6.20 Å². The van der Waals surface area contributed by atoms with Gasteiger partial charge in [-0.05, 0) is 18.0 Å². The van der Waals surface area contributed by atoms with Gasteiger partial charge >= 0.3 is 0 Å². The summed E-state index contributed by atoms with van der Waals surface area (Å²) in [5.74, 6) is 0.904. The summed E-state index contributed by atoms with van der Waals surface area (Å²) in [6, 6.07) is 0. The third-order valence-electron chi connectivity index (χ3n) is 1.65. The van der Waals surface area contributed by atoms with E-state index in [1.165, 1.54) is 0 Å². The van der Waals surface area contributed by atoms with Gasteiger partial charge in [-0.2, -0.15) is 0 Å². The minimum atomic E-state index is -0.493. The van der Waals surface area contributed by atoms with E-state index in [0.29, 0.717) is 5.69 Å². The van der Waals surface area contributed by atoms with Gasteiger partial charge in [0.2, 0.25) is 0 Å². The highest BCUT2D eigenvalue weighted by Gasteiger charge is 2.08. The van der Waals surface area contributed by atoms with E-state index in [4.69, 9.17) is 11.6 Å². The van der Waals surface area contributed by atoms with Crippen molar-refractivity contribution < 1.29 is 4.79 Å². The van der Waals surface area contributed by atoms with Crippen molar-refractivity contribution in [1.82, 2.24) is 9.55 Å². The normalized spacial score (nSPS) is 10.2. The van der Waals surface area contributed by atoms with Crippen LogP contribution in [0.1, 0.15) is 29.7 Å². The predicted octanol–water partition coefficient (Wildman–Crippen LogP) is 1.75. The van der Waals surface area contributed by atoms with Crippen molar-refractivity contribution in [2.24, 2.45) is 7.05 Å². The van der Waals surface area contributed by atoms with Gasteiger partial charge in [-0.1, -0.05) is 6.92 Å². The van der Waals surface area contributed by atoms with Crippen LogP contribution in [-0.4, -0.2) is 14.8 Å². The molecule has 1 heterocycles. The zero-order valence-electron chi connectivity index (χ0n) is 7.17. The Balaban J connectivity index is 2.92. The van der Waals surface area contributed by atoms with E-state index in [1.54, 1.807) is 6.20 Å². The highest BCUT2D eigenvalue weighted by atomic mass is 35.5. The number of imidazole rings is 1. The lowest BCUT2D eigenvalue weighted by molar-refractivity contribution is 0.107. The van der Waals surface area contributed by atoms with E-state index in [-0.39, 0.29) is 0 Å². The lowest BCUT2D eigenvalue weighted by Crippen LogP contribution is -1.95. The van der Waals surface area contributed by atoms with Crippen molar-refractivity contribution >= 4 is 16.8 Å². The van der Waals surface area contributed by atoms with Gasteiger partial charge in [0.05, 0.1) is 0 Å². The van der Waals surface area contributed by atoms with Crippen molar-refractivity contribution in [2.75, 3.05) is 0 Å². The molecule has 0 N–H and O–H groups in total. The molecule has 0 spiro atoms. The summed E-state index contributed by atoms with van der Waals surface area (Å²) in [5, 5.41) is -0.493. The Bertz CT molecular complexity index is 293. The highest BCUT2D eigenvalue weighted by molar-refractivity contribution is 6.67.